The molecular formula is C20H24N4O4. The van der Waals surface area contributed by atoms with Crippen molar-refractivity contribution in [2.24, 2.45) is 0 Å². The summed E-state index contributed by atoms with van der Waals surface area (Å²) >= 11 is 0. The molecule has 0 saturated carbocycles. The van der Waals surface area contributed by atoms with Gasteiger partial charge in [-0.3, -0.25) is 4.79 Å². The molecule has 8 heteroatoms. The summed E-state index contributed by atoms with van der Waals surface area (Å²) in [6.07, 6.45) is 0. The molecule has 1 aromatic heterocycles. The summed E-state index contributed by atoms with van der Waals surface area (Å²) in [7, 11) is 0. The van der Waals surface area contributed by atoms with Crippen LogP contribution in [0.2, 0.25) is 0 Å². The van der Waals surface area contributed by atoms with E-state index in [0.29, 0.717) is 32.8 Å². The van der Waals surface area contributed by atoms with Crippen LogP contribution >= 0.6 is 0 Å². The molecule has 1 aliphatic heterocycles. The lowest BCUT2D eigenvalue weighted by molar-refractivity contribution is -0.160. The summed E-state index contributed by atoms with van der Waals surface area (Å²) in [6, 6.07) is 11.6. The van der Waals surface area contributed by atoms with Crippen LogP contribution in [0.4, 0.5) is 5.82 Å². The maximum atomic E-state index is 12.0. The van der Waals surface area contributed by atoms with Crippen molar-refractivity contribution in [1.82, 2.24) is 15.1 Å². The summed E-state index contributed by atoms with van der Waals surface area (Å²) < 4.78 is 10.2. The minimum absolute atomic E-state index is 0.195. The molecule has 0 atom stereocenters. The summed E-state index contributed by atoms with van der Waals surface area (Å²) in [5.41, 5.74) is 1.75. The third kappa shape index (κ3) is 4.57. The summed E-state index contributed by atoms with van der Waals surface area (Å²) in [4.78, 5) is 27.1. The molecule has 0 N–H and O–H groups in total. The van der Waals surface area contributed by atoms with E-state index in [1.54, 1.807) is 6.92 Å². The highest BCUT2D eigenvalue weighted by molar-refractivity contribution is 6.32. The van der Waals surface area contributed by atoms with Gasteiger partial charge in [-0.1, -0.05) is 0 Å². The zero-order valence-electron chi connectivity index (χ0n) is 16.1. The zero-order valence-corrected chi connectivity index (χ0v) is 16.1. The Balaban J connectivity index is 1.59. The van der Waals surface area contributed by atoms with E-state index in [9.17, 15) is 9.59 Å². The summed E-state index contributed by atoms with van der Waals surface area (Å²) in [6.45, 7) is 6.52. The molecule has 1 aliphatic rings. The summed E-state index contributed by atoms with van der Waals surface area (Å²) in [5.74, 6) is 0.192. The van der Waals surface area contributed by atoms with E-state index in [1.165, 1.54) is 4.90 Å². The third-order valence-corrected chi connectivity index (χ3v) is 4.45. The molecule has 0 spiro atoms. The Kier molecular flexibility index (Phi) is 6.41. The van der Waals surface area contributed by atoms with Crippen LogP contribution in [0.3, 0.4) is 0 Å². The van der Waals surface area contributed by atoms with Crippen molar-refractivity contribution in [2.75, 3.05) is 44.3 Å². The molecule has 2 heterocycles. The van der Waals surface area contributed by atoms with Crippen molar-refractivity contribution < 1.29 is 19.1 Å². The monoisotopic (exact) mass is 384 g/mol. The lowest BCUT2D eigenvalue weighted by Crippen LogP contribution is -2.51. The van der Waals surface area contributed by atoms with Crippen molar-refractivity contribution in [3.05, 3.63) is 36.4 Å². The quantitative estimate of drug-likeness (QED) is 0.573. The first kappa shape index (κ1) is 19.6. The molecule has 0 radical (unpaired) electrons. The lowest BCUT2D eigenvalue weighted by atomic mass is 10.1. The van der Waals surface area contributed by atoms with E-state index < -0.39 is 11.9 Å². The van der Waals surface area contributed by atoms with Crippen LogP contribution in [-0.4, -0.2) is 66.4 Å². The van der Waals surface area contributed by atoms with Gasteiger partial charge in [0.1, 0.15) is 5.75 Å². The van der Waals surface area contributed by atoms with Gasteiger partial charge in [0.25, 0.3) is 0 Å². The first-order valence-corrected chi connectivity index (χ1v) is 9.40. The van der Waals surface area contributed by atoms with E-state index in [4.69, 9.17) is 9.47 Å². The minimum Gasteiger partial charge on any atom is -0.494 e. The second-order valence-electron chi connectivity index (χ2n) is 6.23. The number of anilines is 1. The minimum atomic E-state index is -0.796. The molecule has 28 heavy (non-hydrogen) atoms. The van der Waals surface area contributed by atoms with Crippen LogP contribution in [-0.2, 0) is 14.3 Å². The van der Waals surface area contributed by atoms with Crippen molar-refractivity contribution in [2.45, 2.75) is 13.8 Å². The van der Waals surface area contributed by atoms with Gasteiger partial charge in [-0.2, -0.15) is 0 Å². The first-order chi connectivity index (χ1) is 13.6. The third-order valence-electron chi connectivity index (χ3n) is 4.45. The van der Waals surface area contributed by atoms with Gasteiger partial charge in [-0.05, 0) is 50.2 Å². The summed E-state index contributed by atoms with van der Waals surface area (Å²) in [5, 5.41) is 8.64. The maximum Gasteiger partial charge on any atom is 0.397 e. The highest BCUT2D eigenvalue weighted by atomic mass is 16.5. The van der Waals surface area contributed by atoms with E-state index in [-0.39, 0.29) is 6.61 Å². The molecule has 0 bridgehead atoms. The molecule has 8 nitrogen and oxygen atoms in total. The van der Waals surface area contributed by atoms with Gasteiger partial charge in [0, 0.05) is 31.7 Å². The van der Waals surface area contributed by atoms with Crippen LogP contribution in [0.1, 0.15) is 13.8 Å². The number of rotatable bonds is 5. The van der Waals surface area contributed by atoms with Crippen LogP contribution in [0.25, 0.3) is 11.3 Å². The normalized spacial score (nSPS) is 13.9. The SMILES string of the molecule is CCOC(=O)C(=O)N1CCN(c2ccc(-c3ccc(OCC)cc3)nn2)CC1. The predicted octanol–water partition coefficient (Wildman–Crippen LogP) is 1.75. The van der Waals surface area contributed by atoms with Gasteiger partial charge in [0.05, 0.1) is 18.9 Å². The average molecular weight is 384 g/mol. The number of carbonyl (C=O) groups is 2. The Morgan fingerprint density at radius 2 is 1.64 bits per heavy atom. The average Bonchev–Trinajstić information content (AvgIpc) is 2.74. The van der Waals surface area contributed by atoms with E-state index in [2.05, 4.69) is 10.2 Å². The van der Waals surface area contributed by atoms with Crippen LogP contribution < -0.4 is 9.64 Å². The Morgan fingerprint density at radius 1 is 0.929 bits per heavy atom. The lowest BCUT2D eigenvalue weighted by Gasteiger charge is -2.34. The second kappa shape index (κ2) is 9.16. The standard InChI is InChI=1S/C20H24N4O4/c1-3-27-16-7-5-15(6-8-16)17-9-10-18(22-21-17)23-11-13-24(14-12-23)19(25)20(26)28-4-2/h5-10H,3-4,11-14H2,1-2H3. The Labute approximate surface area is 164 Å². The number of hydrogen-bond donors (Lipinski definition) is 0. The topological polar surface area (TPSA) is 84.9 Å². The number of esters is 1. The van der Waals surface area contributed by atoms with Gasteiger partial charge >= 0.3 is 11.9 Å². The molecular weight excluding hydrogens is 360 g/mol. The molecule has 0 aliphatic carbocycles. The maximum absolute atomic E-state index is 12.0. The molecule has 1 aromatic carbocycles. The van der Waals surface area contributed by atoms with Gasteiger partial charge in [0.2, 0.25) is 0 Å². The van der Waals surface area contributed by atoms with Gasteiger partial charge in [-0.25, -0.2) is 4.79 Å². The van der Waals surface area contributed by atoms with Crippen molar-refractivity contribution in [3.63, 3.8) is 0 Å². The zero-order chi connectivity index (χ0) is 19.9. The van der Waals surface area contributed by atoms with Crippen molar-refractivity contribution in [1.29, 1.82) is 0 Å². The number of nitrogens with zero attached hydrogens (tertiary/aromatic N) is 4. The van der Waals surface area contributed by atoms with Crippen molar-refractivity contribution in [3.8, 4) is 17.0 Å². The largest absolute Gasteiger partial charge is 0.494 e. The number of aromatic nitrogens is 2. The highest BCUT2D eigenvalue weighted by Gasteiger charge is 2.27. The number of benzene rings is 1. The number of amides is 1. The molecule has 148 valence electrons. The molecule has 0 unspecified atom stereocenters. The molecule has 1 fully saturated rings. The number of carbonyl (C=O) groups excluding carboxylic acids is 2. The Morgan fingerprint density at radius 3 is 2.21 bits per heavy atom. The van der Waals surface area contributed by atoms with E-state index >= 15 is 0 Å². The fourth-order valence-electron chi connectivity index (χ4n) is 3.00. The fraction of sp³-hybridized carbons (Fsp3) is 0.400. The van der Waals surface area contributed by atoms with Gasteiger partial charge in [0.15, 0.2) is 5.82 Å². The van der Waals surface area contributed by atoms with Crippen LogP contribution in [0.15, 0.2) is 36.4 Å². The molecule has 1 amide bonds. The molecule has 3 rings (SSSR count). The van der Waals surface area contributed by atoms with Gasteiger partial charge < -0.3 is 19.3 Å². The van der Waals surface area contributed by atoms with Gasteiger partial charge in [-0.15, -0.1) is 10.2 Å². The first-order valence-electron chi connectivity index (χ1n) is 9.40. The fourth-order valence-corrected chi connectivity index (χ4v) is 3.00. The Hall–Kier alpha value is -3.16. The molecule has 2 aromatic rings. The predicted molar refractivity (Wildman–Crippen MR) is 104 cm³/mol. The van der Waals surface area contributed by atoms with Crippen molar-refractivity contribution >= 4 is 17.7 Å². The smallest absolute Gasteiger partial charge is 0.397 e. The van der Waals surface area contributed by atoms with Crippen LogP contribution in [0.5, 0.6) is 5.75 Å². The van der Waals surface area contributed by atoms with Crippen LogP contribution in [0, 0.1) is 0 Å². The highest BCUT2D eigenvalue weighted by Crippen LogP contribution is 2.22. The Bertz CT molecular complexity index is 800. The number of ether oxygens (including phenoxy) is 2. The second-order valence-corrected chi connectivity index (χ2v) is 6.23. The van der Waals surface area contributed by atoms with E-state index in [1.807, 2.05) is 48.2 Å². The van der Waals surface area contributed by atoms with E-state index in [0.717, 1.165) is 22.8 Å². The number of piperazine rings is 1. The molecule has 1 saturated heterocycles. The number of hydrogen-bond acceptors (Lipinski definition) is 7.